The van der Waals surface area contributed by atoms with Crippen molar-refractivity contribution in [1.82, 2.24) is 10.1 Å². The zero-order valence-corrected chi connectivity index (χ0v) is 8.09. The highest BCUT2D eigenvalue weighted by atomic mass is 16.5. The third kappa shape index (κ3) is 2.49. The van der Waals surface area contributed by atoms with Crippen LogP contribution in [0, 0.1) is 0 Å². The van der Waals surface area contributed by atoms with E-state index in [1.54, 1.807) is 0 Å². The van der Waals surface area contributed by atoms with Crippen molar-refractivity contribution in [2.45, 2.75) is 12.8 Å². The topological polar surface area (TPSA) is 56.0 Å². The first-order chi connectivity index (χ1) is 7.38. The fourth-order valence-corrected chi connectivity index (χ4v) is 1.29. The Labute approximate surface area is 86.9 Å². The summed E-state index contributed by atoms with van der Waals surface area (Å²) in [6.45, 7) is 0. The van der Waals surface area contributed by atoms with Gasteiger partial charge in [0.15, 0.2) is 5.82 Å². The molecule has 0 radical (unpaired) electrons. The van der Waals surface area contributed by atoms with Gasteiger partial charge < -0.3 is 9.32 Å². The van der Waals surface area contributed by atoms with Crippen LogP contribution in [-0.4, -0.2) is 16.4 Å². The maximum atomic E-state index is 10.2. The summed E-state index contributed by atoms with van der Waals surface area (Å²) in [6.07, 6.45) is 1.56. The summed E-state index contributed by atoms with van der Waals surface area (Å²) in [5, 5.41) is 3.79. The van der Waals surface area contributed by atoms with Crippen molar-refractivity contribution < 1.29 is 9.32 Å². The van der Waals surface area contributed by atoms with Crippen LogP contribution in [0.25, 0.3) is 0 Å². The van der Waals surface area contributed by atoms with E-state index in [2.05, 4.69) is 10.1 Å². The van der Waals surface area contributed by atoms with Gasteiger partial charge in [-0.3, -0.25) is 0 Å². The van der Waals surface area contributed by atoms with E-state index < -0.39 is 0 Å². The number of nitrogens with zero attached hydrogens (tertiary/aromatic N) is 2. The number of benzene rings is 1. The Bertz CT molecular complexity index is 437. The Hall–Kier alpha value is -1.97. The van der Waals surface area contributed by atoms with Gasteiger partial charge in [-0.2, -0.15) is 4.98 Å². The molecule has 2 aromatic rings. The van der Waals surface area contributed by atoms with Gasteiger partial charge in [-0.1, -0.05) is 35.5 Å². The Balaban J connectivity index is 2.08. The molecule has 0 spiro atoms. The van der Waals surface area contributed by atoms with Gasteiger partial charge in [-0.25, -0.2) is 0 Å². The molecular formula is C11H10N2O2. The quantitative estimate of drug-likeness (QED) is 0.703. The molecule has 4 nitrogen and oxygen atoms in total. The Morgan fingerprint density at radius 1 is 1.27 bits per heavy atom. The number of carbonyl (C=O) groups is 1. The largest absolute Gasteiger partial charge is 0.339 e. The van der Waals surface area contributed by atoms with Gasteiger partial charge in [0.2, 0.25) is 5.89 Å². The minimum atomic E-state index is 0.182. The maximum absolute atomic E-state index is 10.2. The summed E-state index contributed by atoms with van der Waals surface area (Å²) < 4.78 is 4.88. The highest BCUT2D eigenvalue weighted by Gasteiger charge is 2.05. The number of carbonyl (C=O) groups excluding carboxylic acids is 1. The van der Waals surface area contributed by atoms with Crippen LogP contribution in [0.3, 0.4) is 0 Å². The van der Waals surface area contributed by atoms with Crippen LogP contribution in [-0.2, 0) is 17.6 Å². The van der Waals surface area contributed by atoms with Crippen LogP contribution in [0.1, 0.15) is 17.3 Å². The maximum Gasteiger partial charge on any atom is 0.233 e. The molecule has 1 heterocycles. The van der Waals surface area contributed by atoms with Crippen molar-refractivity contribution in [3.63, 3.8) is 0 Å². The van der Waals surface area contributed by atoms with Gasteiger partial charge >= 0.3 is 0 Å². The normalized spacial score (nSPS) is 10.1. The molecule has 0 unspecified atom stereocenters. The molecule has 2 rings (SSSR count). The predicted octanol–water partition coefficient (Wildman–Crippen LogP) is 1.40. The molecule has 1 aromatic heterocycles. The van der Waals surface area contributed by atoms with E-state index in [1.807, 2.05) is 30.3 Å². The Morgan fingerprint density at radius 3 is 2.80 bits per heavy atom. The number of hydrogen-bond acceptors (Lipinski definition) is 4. The molecule has 0 N–H and O–H groups in total. The van der Waals surface area contributed by atoms with Crippen molar-refractivity contribution in [3.8, 4) is 0 Å². The number of aldehydes is 1. The zero-order valence-electron chi connectivity index (χ0n) is 8.09. The second-order valence-corrected chi connectivity index (χ2v) is 3.14. The van der Waals surface area contributed by atoms with Crippen LogP contribution in [0.2, 0.25) is 0 Å². The lowest BCUT2D eigenvalue weighted by molar-refractivity contribution is -0.107. The highest BCUT2D eigenvalue weighted by molar-refractivity contribution is 5.52. The van der Waals surface area contributed by atoms with Gasteiger partial charge in [0.1, 0.15) is 6.29 Å². The molecule has 0 amide bonds. The first-order valence-electron chi connectivity index (χ1n) is 4.67. The average molecular weight is 202 g/mol. The zero-order chi connectivity index (χ0) is 10.5. The highest BCUT2D eigenvalue weighted by Crippen LogP contribution is 2.06. The number of rotatable bonds is 4. The molecule has 0 atom stereocenters. The van der Waals surface area contributed by atoms with E-state index in [-0.39, 0.29) is 6.42 Å². The minimum Gasteiger partial charge on any atom is -0.339 e. The average Bonchev–Trinajstić information content (AvgIpc) is 2.68. The van der Waals surface area contributed by atoms with Crippen molar-refractivity contribution in [2.24, 2.45) is 0 Å². The van der Waals surface area contributed by atoms with Gasteiger partial charge in [-0.15, -0.1) is 0 Å². The van der Waals surface area contributed by atoms with E-state index in [4.69, 9.17) is 4.52 Å². The van der Waals surface area contributed by atoms with Gasteiger partial charge in [0, 0.05) is 6.42 Å². The molecular weight excluding hydrogens is 192 g/mol. The Morgan fingerprint density at radius 2 is 2.07 bits per heavy atom. The lowest BCUT2D eigenvalue weighted by Crippen LogP contribution is -1.91. The molecule has 76 valence electrons. The van der Waals surface area contributed by atoms with E-state index in [0.29, 0.717) is 18.1 Å². The summed E-state index contributed by atoms with van der Waals surface area (Å²) in [4.78, 5) is 14.3. The summed E-state index contributed by atoms with van der Waals surface area (Å²) in [6, 6.07) is 9.87. The lowest BCUT2D eigenvalue weighted by atomic mass is 10.1. The molecule has 4 heteroatoms. The molecule has 0 saturated heterocycles. The van der Waals surface area contributed by atoms with Crippen molar-refractivity contribution in [2.75, 3.05) is 0 Å². The van der Waals surface area contributed by atoms with E-state index >= 15 is 0 Å². The molecule has 0 saturated carbocycles. The monoisotopic (exact) mass is 202 g/mol. The van der Waals surface area contributed by atoms with Crippen molar-refractivity contribution >= 4 is 6.29 Å². The molecule has 0 bridgehead atoms. The smallest absolute Gasteiger partial charge is 0.233 e. The number of aromatic nitrogens is 2. The molecule has 1 aromatic carbocycles. The van der Waals surface area contributed by atoms with Crippen LogP contribution in [0.5, 0.6) is 0 Å². The third-order valence-corrected chi connectivity index (χ3v) is 1.97. The standard InChI is InChI=1S/C11H10N2O2/c14-7-6-11-12-10(13-15-11)8-9-4-2-1-3-5-9/h1-5,7H,6,8H2. The lowest BCUT2D eigenvalue weighted by Gasteiger charge is -1.93. The molecule has 0 fully saturated rings. The van der Waals surface area contributed by atoms with Gasteiger partial charge in [0.05, 0.1) is 6.42 Å². The van der Waals surface area contributed by atoms with Gasteiger partial charge in [0.25, 0.3) is 0 Å². The second-order valence-electron chi connectivity index (χ2n) is 3.14. The fraction of sp³-hybridized carbons (Fsp3) is 0.182. The van der Waals surface area contributed by atoms with E-state index in [9.17, 15) is 4.79 Å². The van der Waals surface area contributed by atoms with E-state index in [0.717, 1.165) is 11.8 Å². The van der Waals surface area contributed by atoms with Crippen molar-refractivity contribution in [3.05, 3.63) is 47.6 Å². The fourth-order valence-electron chi connectivity index (χ4n) is 1.29. The second kappa shape index (κ2) is 4.50. The Kier molecular flexibility index (Phi) is 2.88. The van der Waals surface area contributed by atoms with Crippen LogP contribution < -0.4 is 0 Å². The molecule has 0 aliphatic carbocycles. The molecule has 0 aliphatic heterocycles. The summed E-state index contributed by atoms with van der Waals surface area (Å²) in [7, 11) is 0. The molecule has 15 heavy (non-hydrogen) atoms. The summed E-state index contributed by atoms with van der Waals surface area (Å²) >= 11 is 0. The SMILES string of the molecule is O=CCc1nc(Cc2ccccc2)no1. The summed E-state index contributed by atoms with van der Waals surface area (Å²) in [5.74, 6) is 0.981. The summed E-state index contributed by atoms with van der Waals surface area (Å²) in [5.41, 5.74) is 1.12. The minimum absolute atomic E-state index is 0.182. The van der Waals surface area contributed by atoms with E-state index in [1.165, 1.54) is 0 Å². The first kappa shape index (κ1) is 9.58. The van der Waals surface area contributed by atoms with Gasteiger partial charge in [-0.05, 0) is 5.56 Å². The van der Waals surface area contributed by atoms with Crippen LogP contribution >= 0.6 is 0 Å². The predicted molar refractivity (Wildman–Crippen MR) is 53.3 cm³/mol. The first-order valence-corrected chi connectivity index (χ1v) is 4.67. The van der Waals surface area contributed by atoms with Crippen molar-refractivity contribution in [1.29, 1.82) is 0 Å². The molecule has 0 aliphatic rings. The van der Waals surface area contributed by atoms with Crippen LogP contribution in [0.4, 0.5) is 0 Å². The van der Waals surface area contributed by atoms with Crippen LogP contribution in [0.15, 0.2) is 34.9 Å². The number of hydrogen-bond donors (Lipinski definition) is 0. The third-order valence-electron chi connectivity index (χ3n) is 1.97.